The number of sulfonamides is 1. The van der Waals surface area contributed by atoms with E-state index < -0.39 is 10.0 Å². The van der Waals surface area contributed by atoms with Crippen LogP contribution in [0.15, 0.2) is 35.5 Å². The van der Waals surface area contributed by atoms with Gasteiger partial charge < -0.3 is 0 Å². The highest BCUT2D eigenvalue weighted by Gasteiger charge is 2.20. The van der Waals surface area contributed by atoms with E-state index in [2.05, 4.69) is 20.0 Å². The summed E-state index contributed by atoms with van der Waals surface area (Å²) in [5.41, 5.74) is 1.71. The van der Waals surface area contributed by atoms with Gasteiger partial charge in [0, 0.05) is 18.6 Å². The average Bonchev–Trinajstić information content (AvgIpc) is 2.96. The lowest BCUT2D eigenvalue weighted by atomic mass is 10.2. The Morgan fingerprint density at radius 1 is 1.35 bits per heavy atom. The molecule has 0 amide bonds. The fraction of sp³-hybridized carbons (Fsp3) is 0.167. The van der Waals surface area contributed by atoms with Crippen molar-refractivity contribution >= 4 is 26.6 Å². The number of nitrogens with zero attached hydrogens (tertiary/aromatic N) is 3. The molecule has 3 aromatic rings. The molecule has 0 aliphatic carbocycles. The number of hydrogen-bond acceptors (Lipinski definition) is 4. The number of rotatable bonds is 3. The van der Waals surface area contributed by atoms with Gasteiger partial charge in [-0.15, -0.1) is 0 Å². The molecule has 8 heteroatoms. The van der Waals surface area contributed by atoms with Gasteiger partial charge in [-0.25, -0.2) is 8.42 Å². The summed E-state index contributed by atoms with van der Waals surface area (Å²) in [6.07, 6.45) is 3.07. The SMILES string of the molecule is Cc1nn(C)cc1S(=O)(=O)Nc1cccc2[nH]ncc12. The zero-order valence-electron chi connectivity index (χ0n) is 11.0. The Balaban J connectivity index is 2.06. The molecule has 0 aliphatic rings. The van der Waals surface area contributed by atoms with Gasteiger partial charge in [0.25, 0.3) is 10.0 Å². The second-order valence-electron chi connectivity index (χ2n) is 4.49. The molecule has 7 nitrogen and oxygen atoms in total. The van der Waals surface area contributed by atoms with Crippen LogP contribution in [0.4, 0.5) is 5.69 Å². The topological polar surface area (TPSA) is 92.7 Å². The molecule has 0 aliphatic heterocycles. The van der Waals surface area contributed by atoms with Crippen LogP contribution in [-0.2, 0) is 17.1 Å². The molecular formula is C12H13N5O2S. The summed E-state index contributed by atoms with van der Waals surface area (Å²) >= 11 is 0. The molecule has 104 valence electrons. The van der Waals surface area contributed by atoms with Crippen LogP contribution in [0.2, 0.25) is 0 Å². The van der Waals surface area contributed by atoms with Gasteiger partial charge in [0.2, 0.25) is 0 Å². The van der Waals surface area contributed by atoms with Crippen molar-refractivity contribution in [1.29, 1.82) is 0 Å². The van der Waals surface area contributed by atoms with E-state index in [-0.39, 0.29) is 4.90 Å². The van der Waals surface area contributed by atoms with E-state index in [1.165, 1.54) is 10.9 Å². The predicted octanol–water partition coefficient (Wildman–Crippen LogP) is 1.41. The highest BCUT2D eigenvalue weighted by molar-refractivity contribution is 7.92. The van der Waals surface area contributed by atoms with Gasteiger partial charge in [-0.2, -0.15) is 10.2 Å². The summed E-state index contributed by atoms with van der Waals surface area (Å²) in [6.45, 7) is 1.66. The molecule has 0 radical (unpaired) electrons. The van der Waals surface area contributed by atoms with E-state index in [0.717, 1.165) is 10.9 Å². The highest BCUT2D eigenvalue weighted by Crippen LogP contribution is 2.24. The van der Waals surface area contributed by atoms with Crippen molar-refractivity contribution in [1.82, 2.24) is 20.0 Å². The van der Waals surface area contributed by atoms with Crippen LogP contribution in [0.1, 0.15) is 5.69 Å². The maximum Gasteiger partial charge on any atom is 0.265 e. The van der Waals surface area contributed by atoms with Gasteiger partial charge in [-0.1, -0.05) is 6.07 Å². The van der Waals surface area contributed by atoms with Crippen molar-refractivity contribution in [3.05, 3.63) is 36.3 Å². The van der Waals surface area contributed by atoms with Crippen LogP contribution < -0.4 is 4.72 Å². The standard InChI is InChI=1S/C12H13N5O2S/c1-8-12(7-17(2)15-8)20(18,19)16-11-5-3-4-10-9(11)6-13-14-10/h3-7,16H,1-2H3,(H,13,14). The fourth-order valence-corrected chi connectivity index (χ4v) is 3.40. The number of benzene rings is 1. The number of nitrogens with one attached hydrogen (secondary N) is 2. The Morgan fingerprint density at radius 2 is 2.15 bits per heavy atom. The lowest BCUT2D eigenvalue weighted by molar-refractivity contribution is 0.600. The number of anilines is 1. The van der Waals surface area contributed by atoms with Crippen LogP contribution in [0, 0.1) is 6.92 Å². The van der Waals surface area contributed by atoms with Crippen molar-refractivity contribution in [2.75, 3.05) is 4.72 Å². The molecule has 0 fully saturated rings. The summed E-state index contributed by atoms with van der Waals surface area (Å²) in [7, 11) is -1.98. The van der Waals surface area contributed by atoms with Gasteiger partial charge in [0.05, 0.1) is 23.1 Å². The molecule has 0 saturated heterocycles. The minimum absolute atomic E-state index is 0.167. The molecule has 1 aromatic carbocycles. The molecule has 0 bridgehead atoms. The van der Waals surface area contributed by atoms with E-state index in [0.29, 0.717) is 11.4 Å². The van der Waals surface area contributed by atoms with Crippen LogP contribution in [0.3, 0.4) is 0 Å². The summed E-state index contributed by atoms with van der Waals surface area (Å²) in [5.74, 6) is 0. The smallest absolute Gasteiger partial charge is 0.265 e. The molecule has 0 saturated carbocycles. The first kappa shape index (κ1) is 12.7. The maximum absolute atomic E-state index is 12.4. The first-order chi connectivity index (χ1) is 9.47. The van der Waals surface area contributed by atoms with Crippen molar-refractivity contribution in [2.24, 2.45) is 7.05 Å². The highest BCUT2D eigenvalue weighted by atomic mass is 32.2. The summed E-state index contributed by atoms with van der Waals surface area (Å²) in [5, 5.41) is 11.5. The van der Waals surface area contributed by atoms with Gasteiger partial charge in [-0.05, 0) is 19.1 Å². The molecule has 20 heavy (non-hydrogen) atoms. The third-order valence-corrected chi connectivity index (χ3v) is 4.46. The quantitative estimate of drug-likeness (QED) is 0.763. The van der Waals surface area contributed by atoms with E-state index >= 15 is 0 Å². The molecule has 0 spiro atoms. The van der Waals surface area contributed by atoms with Crippen LogP contribution in [0.5, 0.6) is 0 Å². The predicted molar refractivity (Wildman–Crippen MR) is 74.8 cm³/mol. The Labute approximate surface area is 115 Å². The number of H-pyrrole nitrogens is 1. The summed E-state index contributed by atoms with van der Waals surface area (Å²) < 4.78 is 28.9. The van der Waals surface area contributed by atoms with Crippen LogP contribution >= 0.6 is 0 Å². The van der Waals surface area contributed by atoms with Crippen molar-refractivity contribution in [3.63, 3.8) is 0 Å². The molecule has 3 rings (SSSR count). The first-order valence-corrected chi connectivity index (χ1v) is 7.41. The monoisotopic (exact) mass is 291 g/mol. The van der Waals surface area contributed by atoms with Crippen LogP contribution in [0.25, 0.3) is 10.9 Å². The van der Waals surface area contributed by atoms with Gasteiger partial charge >= 0.3 is 0 Å². The second kappa shape index (κ2) is 4.34. The number of hydrogen-bond donors (Lipinski definition) is 2. The Bertz CT molecular complexity index is 878. The number of aromatic nitrogens is 4. The fourth-order valence-electron chi connectivity index (χ4n) is 2.10. The number of aryl methyl sites for hydroxylation is 2. The molecule has 2 N–H and O–H groups in total. The summed E-state index contributed by atoms with van der Waals surface area (Å²) in [4.78, 5) is 0.167. The van der Waals surface area contributed by atoms with Gasteiger partial charge in [-0.3, -0.25) is 14.5 Å². The third-order valence-electron chi connectivity index (χ3n) is 2.99. The Hall–Kier alpha value is -2.35. The molecule has 0 atom stereocenters. The Morgan fingerprint density at radius 3 is 2.85 bits per heavy atom. The average molecular weight is 291 g/mol. The first-order valence-electron chi connectivity index (χ1n) is 5.92. The lowest BCUT2D eigenvalue weighted by Gasteiger charge is -2.07. The molecule has 0 unspecified atom stereocenters. The maximum atomic E-state index is 12.4. The van der Waals surface area contributed by atoms with Crippen molar-refractivity contribution in [2.45, 2.75) is 11.8 Å². The zero-order valence-corrected chi connectivity index (χ0v) is 11.8. The second-order valence-corrected chi connectivity index (χ2v) is 6.15. The van der Waals surface area contributed by atoms with Crippen LogP contribution in [-0.4, -0.2) is 28.4 Å². The molecular weight excluding hydrogens is 278 g/mol. The number of aromatic amines is 1. The van der Waals surface area contributed by atoms with E-state index in [4.69, 9.17) is 0 Å². The summed E-state index contributed by atoms with van der Waals surface area (Å²) in [6, 6.07) is 5.28. The largest absolute Gasteiger partial charge is 0.279 e. The van der Waals surface area contributed by atoms with Gasteiger partial charge in [0.1, 0.15) is 4.90 Å². The minimum Gasteiger partial charge on any atom is -0.279 e. The van der Waals surface area contributed by atoms with E-state index in [1.54, 1.807) is 32.3 Å². The van der Waals surface area contributed by atoms with Gasteiger partial charge in [0.15, 0.2) is 0 Å². The zero-order chi connectivity index (χ0) is 14.3. The molecule has 2 aromatic heterocycles. The van der Waals surface area contributed by atoms with Crippen molar-refractivity contribution < 1.29 is 8.42 Å². The van der Waals surface area contributed by atoms with E-state index in [9.17, 15) is 8.42 Å². The minimum atomic E-state index is -3.67. The Kier molecular flexibility index (Phi) is 2.75. The number of fused-ring (bicyclic) bond motifs is 1. The normalized spacial score (nSPS) is 11.9. The van der Waals surface area contributed by atoms with Crippen molar-refractivity contribution in [3.8, 4) is 0 Å². The van der Waals surface area contributed by atoms with E-state index in [1.807, 2.05) is 6.07 Å². The lowest BCUT2D eigenvalue weighted by Crippen LogP contribution is -2.13. The molecule has 2 heterocycles. The third kappa shape index (κ3) is 2.03.